The molecule has 1 aromatic rings. The fraction of sp³-hybridized carbons (Fsp3) is 0.333. The van der Waals surface area contributed by atoms with E-state index in [4.69, 9.17) is 20.9 Å². The molecule has 88 valence electrons. The van der Waals surface area contributed by atoms with E-state index in [9.17, 15) is 0 Å². The molecule has 0 bridgehead atoms. The minimum absolute atomic E-state index is 0. The van der Waals surface area contributed by atoms with Crippen LogP contribution in [0.5, 0.6) is 5.75 Å². The van der Waals surface area contributed by atoms with Crippen LogP contribution in [-0.2, 0) is 4.74 Å². The van der Waals surface area contributed by atoms with Crippen molar-refractivity contribution in [2.75, 3.05) is 31.8 Å². The summed E-state index contributed by atoms with van der Waals surface area (Å²) in [4.78, 5) is 0. The molecule has 6 heteroatoms. The van der Waals surface area contributed by atoms with Crippen molar-refractivity contribution in [1.82, 2.24) is 0 Å². The topological polar surface area (TPSA) is 70.5 Å². The smallest absolute Gasteiger partial charge is 0.142 e. The molecular formula is C9H16Cl2N2O2. The first-order valence-electron chi connectivity index (χ1n) is 4.01. The van der Waals surface area contributed by atoms with Gasteiger partial charge in [-0.3, -0.25) is 0 Å². The predicted octanol–water partition coefficient (Wildman–Crippen LogP) is 1.72. The Labute approximate surface area is 102 Å². The van der Waals surface area contributed by atoms with Crippen LogP contribution in [0.4, 0.5) is 11.4 Å². The first-order valence-corrected chi connectivity index (χ1v) is 4.01. The maximum atomic E-state index is 5.66. The summed E-state index contributed by atoms with van der Waals surface area (Å²) in [6.07, 6.45) is 0. The Morgan fingerprint density at radius 1 is 1.13 bits per heavy atom. The van der Waals surface area contributed by atoms with Crippen molar-refractivity contribution in [1.29, 1.82) is 0 Å². The lowest BCUT2D eigenvalue weighted by Crippen LogP contribution is -2.06. The van der Waals surface area contributed by atoms with Gasteiger partial charge in [0.05, 0.1) is 12.3 Å². The third-order valence-corrected chi connectivity index (χ3v) is 1.58. The van der Waals surface area contributed by atoms with Gasteiger partial charge >= 0.3 is 0 Å². The van der Waals surface area contributed by atoms with E-state index in [0.717, 1.165) is 0 Å². The molecule has 1 aromatic carbocycles. The number of nitrogens with two attached hydrogens (primary N) is 2. The van der Waals surface area contributed by atoms with E-state index < -0.39 is 0 Å². The zero-order chi connectivity index (χ0) is 9.68. The third kappa shape index (κ3) is 5.57. The fourth-order valence-electron chi connectivity index (χ4n) is 0.933. The van der Waals surface area contributed by atoms with Gasteiger partial charge in [-0.05, 0) is 18.2 Å². The van der Waals surface area contributed by atoms with E-state index >= 15 is 0 Å². The molecular weight excluding hydrogens is 239 g/mol. The second-order valence-corrected chi connectivity index (χ2v) is 2.64. The summed E-state index contributed by atoms with van der Waals surface area (Å²) in [5.41, 5.74) is 12.4. The maximum absolute atomic E-state index is 5.66. The number of hydrogen-bond acceptors (Lipinski definition) is 4. The molecule has 0 aliphatic carbocycles. The summed E-state index contributed by atoms with van der Waals surface area (Å²) in [5, 5.41) is 0. The summed E-state index contributed by atoms with van der Waals surface area (Å²) in [6, 6.07) is 5.17. The Bertz CT molecular complexity index is 285. The third-order valence-electron chi connectivity index (χ3n) is 1.58. The van der Waals surface area contributed by atoms with Gasteiger partial charge in [-0.1, -0.05) is 0 Å². The second-order valence-electron chi connectivity index (χ2n) is 2.64. The molecule has 0 aromatic heterocycles. The summed E-state index contributed by atoms with van der Waals surface area (Å²) in [5.74, 6) is 0.645. The summed E-state index contributed by atoms with van der Waals surface area (Å²) < 4.78 is 10.2. The van der Waals surface area contributed by atoms with Gasteiger partial charge in [-0.2, -0.15) is 0 Å². The zero-order valence-electron chi connectivity index (χ0n) is 8.43. The molecule has 0 unspecified atom stereocenters. The molecule has 15 heavy (non-hydrogen) atoms. The number of methoxy groups -OCH3 is 1. The molecule has 0 saturated heterocycles. The second kappa shape index (κ2) is 8.47. The van der Waals surface area contributed by atoms with Crippen molar-refractivity contribution >= 4 is 36.2 Å². The van der Waals surface area contributed by atoms with Crippen LogP contribution < -0.4 is 16.2 Å². The number of hydrogen-bond donors (Lipinski definition) is 2. The van der Waals surface area contributed by atoms with E-state index in [-0.39, 0.29) is 24.8 Å². The highest BCUT2D eigenvalue weighted by molar-refractivity contribution is 5.85. The number of ether oxygens (including phenoxy) is 2. The van der Waals surface area contributed by atoms with Crippen molar-refractivity contribution in [3.8, 4) is 5.75 Å². The Kier molecular flexibility index (Phi) is 9.36. The van der Waals surface area contributed by atoms with Gasteiger partial charge in [0.1, 0.15) is 12.4 Å². The molecule has 0 fully saturated rings. The van der Waals surface area contributed by atoms with Gasteiger partial charge in [-0.15, -0.1) is 24.8 Å². The lowest BCUT2D eigenvalue weighted by atomic mass is 10.2. The van der Waals surface area contributed by atoms with Crippen molar-refractivity contribution in [3.05, 3.63) is 18.2 Å². The van der Waals surface area contributed by atoms with Gasteiger partial charge in [0.2, 0.25) is 0 Å². The minimum Gasteiger partial charge on any atom is -0.489 e. The number of rotatable bonds is 4. The van der Waals surface area contributed by atoms with Crippen LogP contribution in [0.1, 0.15) is 0 Å². The van der Waals surface area contributed by atoms with Crippen LogP contribution >= 0.6 is 24.8 Å². The molecule has 0 radical (unpaired) electrons. The molecule has 0 amide bonds. The standard InChI is InChI=1S/C9H14N2O2.2ClH/c1-12-4-5-13-9-3-2-7(10)6-8(9)11;;/h2-3,6H,4-5,10-11H2,1H3;2*1H. The number of nitrogen functional groups attached to an aromatic ring is 2. The largest absolute Gasteiger partial charge is 0.489 e. The van der Waals surface area contributed by atoms with E-state index in [2.05, 4.69) is 0 Å². The fourth-order valence-corrected chi connectivity index (χ4v) is 0.933. The van der Waals surface area contributed by atoms with E-state index in [0.29, 0.717) is 30.3 Å². The quantitative estimate of drug-likeness (QED) is 0.634. The van der Waals surface area contributed by atoms with E-state index in [1.54, 1.807) is 25.3 Å². The summed E-state index contributed by atoms with van der Waals surface area (Å²) in [6.45, 7) is 1.04. The van der Waals surface area contributed by atoms with Crippen molar-refractivity contribution in [2.24, 2.45) is 0 Å². The highest BCUT2D eigenvalue weighted by Crippen LogP contribution is 2.23. The Morgan fingerprint density at radius 2 is 1.80 bits per heavy atom. The van der Waals surface area contributed by atoms with E-state index in [1.165, 1.54) is 0 Å². The molecule has 0 saturated carbocycles. The molecule has 0 aliphatic rings. The van der Waals surface area contributed by atoms with Crippen LogP contribution in [0.25, 0.3) is 0 Å². The van der Waals surface area contributed by atoms with Gasteiger partial charge in [-0.25, -0.2) is 0 Å². The van der Waals surface area contributed by atoms with Crippen molar-refractivity contribution < 1.29 is 9.47 Å². The lowest BCUT2D eigenvalue weighted by Gasteiger charge is -2.08. The Morgan fingerprint density at radius 3 is 2.33 bits per heavy atom. The molecule has 1 rings (SSSR count). The van der Waals surface area contributed by atoms with Gasteiger partial charge < -0.3 is 20.9 Å². The number of benzene rings is 1. The van der Waals surface area contributed by atoms with Gasteiger partial charge in [0.15, 0.2) is 0 Å². The summed E-state index contributed by atoms with van der Waals surface area (Å²) in [7, 11) is 1.62. The lowest BCUT2D eigenvalue weighted by molar-refractivity contribution is 0.147. The van der Waals surface area contributed by atoms with Crippen LogP contribution in [0.15, 0.2) is 18.2 Å². The van der Waals surface area contributed by atoms with Crippen LogP contribution in [0.3, 0.4) is 0 Å². The highest BCUT2D eigenvalue weighted by atomic mass is 35.5. The maximum Gasteiger partial charge on any atom is 0.142 e. The zero-order valence-corrected chi connectivity index (χ0v) is 10.1. The molecule has 0 atom stereocenters. The first-order chi connectivity index (χ1) is 6.24. The predicted molar refractivity (Wildman–Crippen MR) is 67.1 cm³/mol. The van der Waals surface area contributed by atoms with Crippen molar-refractivity contribution in [2.45, 2.75) is 0 Å². The van der Waals surface area contributed by atoms with Gasteiger partial charge in [0, 0.05) is 12.8 Å². The van der Waals surface area contributed by atoms with Crippen LogP contribution in [0.2, 0.25) is 0 Å². The minimum atomic E-state index is 0. The monoisotopic (exact) mass is 254 g/mol. The van der Waals surface area contributed by atoms with E-state index in [1.807, 2.05) is 0 Å². The molecule has 4 nitrogen and oxygen atoms in total. The molecule has 0 heterocycles. The first kappa shape index (κ1) is 16.6. The Balaban J connectivity index is 0. The van der Waals surface area contributed by atoms with Crippen molar-refractivity contribution in [3.63, 3.8) is 0 Å². The highest BCUT2D eigenvalue weighted by Gasteiger charge is 1.99. The normalized spacial score (nSPS) is 8.60. The van der Waals surface area contributed by atoms with Crippen LogP contribution in [0, 0.1) is 0 Å². The van der Waals surface area contributed by atoms with Gasteiger partial charge in [0.25, 0.3) is 0 Å². The Hall–Kier alpha value is -0.840. The average molecular weight is 255 g/mol. The molecule has 0 spiro atoms. The SMILES string of the molecule is COCCOc1ccc(N)cc1N.Cl.Cl. The summed E-state index contributed by atoms with van der Waals surface area (Å²) >= 11 is 0. The average Bonchev–Trinajstić information content (AvgIpc) is 2.09. The number of halogens is 2. The van der Waals surface area contributed by atoms with Crippen LogP contribution in [-0.4, -0.2) is 20.3 Å². The molecule has 4 N–H and O–H groups in total. The number of anilines is 2. The molecule has 0 aliphatic heterocycles.